The van der Waals surface area contributed by atoms with E-state index in [-0.39, 0.29) is 6.03 Å². The molecule has 0 saturated carbocycles. The maximum atomic E-state index is 12.8. The molecule has 5 rings (SSSR count). The molecule has 2 amide bonds. The van der Waals surface area contributed by atoms with Crippen molar-refractivity contribution in [3.63, 3.8) is 0 Å². The minimum Gasteiger partial charge on any atom is -0.386 e. The Balaban J connectivity index is 1.29. The van der Waals surface area contributed by atoms with E-state index in [1.54, 1.807) is 26.2 Å². The number of aromatic amines is 1. The number of aliphatic hydroxyl groups is 1. The Morgan fingerprint density at radius 2 is 1.97 bits per heavy atom. The lowest BCUT2D eigenvalue weighted by Gasteiger charge is -2.34. The zero-order valence-corrected chi connectivity index (χ0v) is 20.0. The Bertz CT molecular complexity index is 1340. The summed E-state index contributed by atoms with van der Waals surface area (Å²) in [6.07, 6.45) is 5.64. The number of carbonyl (C=O) groups is 1. The number of rotatable bonds is 5. The molecule has 8 heteroatoms. The molecule has 0 radical (unpaired) electrons. The molecule has 1 saturated heterocycles. The van der Waals surface area contributed by atoms with E-state index in [9.17, 15) is 9.90 Å². The molecule has 4 N–H and O–H groups in total. The van der Waals surface area contributed by atoms with Gasteiger partial charge in [-0.25, -0.2) is 14.8 Å². The van der Waals surface area contributed by atoms with Crippen molar-refractivity contribution in [2.75, 3.05) is 28.6 Å². The molecule has 3 heterocycles. The topological polar surface area (TPSA) is 106 Å². The number of nitrogens with one attached hydrogen (secondary N) is 3. The number of hydrogen-bond acceptors (Lipinski definition) is 5. The van der Waals surface area contributed by atoms with Crippen LogP contribution >= 0.6 is 0 Å². The summed E-state index contributed by atoms with van der Waals surface area (Å²) >= 11 is 0. The molecular formula is C27H30N6O2. The third-order valence-corrected chi connectivity index (χ3v) is 6.50. The molecule has 0 aliphatic carbocycles. The minimum atomic E-state index is -1.06. The number of piperidine rings is 1. The lowest BCUT2D eigenvalue weighted by atomic mass is 9.90. The standard InChI is InChI=1S/C27H30N6O2/c1-27(2,35)22-10-3-4-11-23(22)32-26(34)31-20-9-5-7-18(15-20)19-8-6-14-33(16-19)25-21-12-13-28-24(21)29-17-30-25/h3-5,7,9-13,15,17,19,35H,6,8,14,16H2,1-2H3,(H,28,29,30)(H2,31,32,34). The van der Waals surface area contributed by atoms with E-state index >= 15 is 0 Å². The van der Waals surface area contributed by atoms with Gasteiger partial charge in [-0.2, -0.15) is 0 Å². The summed E-state index contributed by atoms with van der Waals surface area (Å²) in [5, 5.41) is 17.3. The molecular weight excluding hydrogens is 440 g/mol. The molecule has 35 heavy (non-hydrogen) atoms. The first kappa shape index (κ1) is 22.9. The fourth-order valence-corrected chi connectivity index (χ4v) is 4.83. The quantitative estimate of drug-likeness (QED) is 0.320. The molecule has 1 unspecified atom stereocenters. The van der Waals surface area contributed by atoms with Crippen LogP contribution in [0.1, 0.15) is 43.7 Å². The summed E-state index contributed by atoms with van der Waals surface area (Å²) in [6.45, 7) is 5.20. The summed E-state index contributed by atoms with van der Waals surface area (Å²) in [5.41, 5.74) is 2.94. The van der Waals surface area contributed by atoms with E-state index in [1.165, 1.54) is 5.56 Å². The van der Waals surface area contributed by atoms with Gasteiger partial charge in [-0.05, 0) is 56.5 Å². The zero-order chi connectivity index (χ0) is 24.4. The molecule has 1 aliphatic heterocycles. The number of hydrogen-bond donors (Lipinski definition) is 4. The average Bonchev–Trinajstić information content (AvgIpc) is 3.33. The van der Waals surface area contributed by atoms with Gasteiger partial charge < -0.3 is 25.6 Å². The normalized spacial score (nSPS) is 16.3. The van der Waals surface area contributed by atoms with E-state index in [0.717, 1.165) is 48.5 Å². The second-order valence-electron chi connectivity index (χ2n) is 9.53. The highest BCUT2D eigenvalue weighted by Crippen LogP contribution is 2.33. The van der Waals surface area contributed by atoms with Crippen LogP contribution in [0.5, 0.6) is 0 Å². The van der Waals surface area contributed by atoms with Gasteiger partial charge in [0, 0.05) is 42.1 Å². The number of benzene rings is 2. The number of para-hydroxylation sites is 1. The SMILES string of the molecule is CC(C)(O)c1ccccc1NC(=O)Nc1cccc(C2CCCN(c3ncnc4[nH]ccc34)C2)c1. The van der Waals surface area contributed by atoms with Crippen LogP contribution in [0.2, 0.25) is 0 Å². The first-order chi connectivity index (χ1) is 16.9. The maximum absolute atomic E-state index is 12.8. The van der Waals surface area contributed by atoms with Crippen molar-refractivity contribution in [1.29, 1.82) is 0 Å². The third kappa shape index (κ3) is 4.97. The van der Waals surface area contributed by atoms with Crippen LogP contribution in [0.25, 0.3) is 11.0 Å². The average molecular weight is 471 g/mol. The van der Waals surface area contributed by atoms with Gasteiger partial charge in [-0.15, -0.1) is 0 Å². The van der Waals surface area contributed by atoms with Crippen molar-refractivity contribution >= 4 is 34.3 Å². The van der Waals surface area contributed by atoms with Crippen LogP contribution < -0.4 is 15.5 Å². The Hall–Kier alpha value is -3.91. The first-order valence-electron chi connectivity index (χ1n) is 11.9. The number of urea groups is 1. The summed E-state index contributed by atoms with van der Waals surface area (Å²) in [6, 6.07) is 17.0. The van der Waals surface area contributed by atoms with Crippen molar-refractivity contribution in [1.82, 2.24) is 15.0 Å². The Morgan fingerprint density at radius 1 is 1.11 bits per heavy atom. The predicted molar refractivity (Wildman–Crippen MR) is 139 cm³/mol. The van der Waals surface area contributed by atoms with Crippen molar-refractivity contribution in [3.05, 3.63) is 78.2 Å². The van der Waals surface area contributed by atoms with Gasteiger partial charge in [0.25, 0.3) is 0 Å². The van der Waals surface area contributed by atoms with Crippen molar-refractivity contribution < 1.29 is 9.90 Å². The number of carbonyl (C=O) groups excluding carboxylic acids is 1. The van der Waals surface area contributed by atoms with Crippen LogP contribution in [0, 0.1) is 0 Å². The van der Waals surface area contributed by atoms with Gasteiger partial charge in [-0.3, -0.25) is 0 Å². The number of H-pyrrole nitrogens is 1. The molecule has 0 bridgehead atoms. The number of aromatic nitrogens is 3. The van der Waals surface area contributed by atoms with E-state index in [1.807, 2.05) is 48.7 Å². The maximum Gasteiger partial charge on any atom is 0.323 e. The fourth-order valence-electron chi connectivity index (χ4n) is 4.83. The molecule has 8 nitrogen and oxygen atoms in total. The van der Waals surface area contributed by atoms with E-state index < -0.39 is 5.60 Å². The lowest BCUT2D eigenvalue weighted by Crippen LogP contribution is -2.35. The highest BCUT2D eigenvalue weighted by Gasteiger charge is 2.24. The van der Waals surface area contributed by atoms with Gasteiger partial charge in [0.2, 0.25) is 0 Å². The van der Waals surface area contributed by atoms with E-state index in [2.05, 4.69) is 36.6 Å². The molecule has 0 spiro atoms. The summed E-state index contributed by atoms with van der Waals surface area (Å²) in [5.74, 6) is 1.29. The molecule has 1 aliphatic rings. The summed E-state index contributed by atoms with van der Waals surface area (Å²) in [7, 11) is 0. The van der Waals surface area contributed by atoms with E-state index in [4.69, 9.17) is 0 Å². The van der Waals surface area contributed by atoms with Gasteiger partial charge >= 0.3 is 6.03 Å². The van der Waals surface area contributed by atoms with Gasteiger partial charge in [0.1, 0.15) is 17.8 Å². The van der Waals surface area contributed by atoms with Crippen LogP contribution in [0.4, 0.5) is 22.0 Å². The summed E-state index contributed by atoms with van der Waals surface area (Å²) < 4.78 is 0. The molecule has 1 atom stereocenters. The van der Waals surface area contributed by atoms with E-state index in [0.29, 0.717) is 17.2 Å². The largest absolute Gasteiger partial charge is 0.386 e. The molecule has 2 aromatic carbocycles. The van der Waals surface area contributed by atoms with Crippen LogP contribution in [-0.4, -0.2) is 39.2 Å². The monoisotopic (exact) mass is 470 g/mol. The van der Waals surface area contributed by atoms with Crippen molar-refractivity contribution in [2.24, 2.45) is 0 Å². The van der Waals surface area contributed by atoms with Gasteiger partial charge in [-0.1, -0.05) is 30.3 Å². The number of amides is 2. The second kappa shape index (κ2) is 9.38. The smallest absolute Gasteiger partial charge is 0.323 e. The first-order valence-corrected chi connectivity index (χ1v) is 11.9. The van der Waals surface area contributed by atoms with Crippen LogP contribution in [0.3, 0.4) is 0 Å². The zero-order valence-electron chi connectivity index (χ0n) is 20.0. The highest BCUT2D eigenvalue weighted by atomic mass is 16.3. The molecule has 1 fully saturated rings. The third-order valence-electron chi connectivity index (χ3n) is 6.50. The predicted octanol–water partition coefficient (Wildman–Crippen LogP) is 5.21. The molecule has 2 aromatic heterocycles. The number of nitrogens with zero attached hydrogens (tertiary/aromatic N) is 3. The Morgan fingerprint density at radius 3 is 2.83 bits per heavy atom. The lowest BCUT2D eigenvalue weighted by molar-refractivity contribution is 0.0794. The molecule has 180 valence electrons. The number of fused-ring (bicyclic) bond motifs is 1. The summed E-state index contributed by atoms with van der Waals surface area (Å²) in [4.78, 5) is 27.1. The van der Waals surface area contributed by atoms with Crippen molar-refractivity contribution in [2.45, 2.75) is 38.2 Å². The number of anilines is 3. The van der Waals surface area contributed by atoms with Gasteiger partial charge in [0.05, 0.1) is 11.0 Å². The van der Waals surface area contributed by atoms with Crippen molar-refractivity contribution in [3.8, 4) is 0 Å². The van der Waals surface area contributed by atoms with Crippen LogP contribution in [-0.2, 0) is 5.60 Å². The second-order valence-corrected chi connectivity index (χ2v) is 9.53. The molecule has 4 aromatic rings. The van der Waals surface area contributed by atoms with Crippen LogP contribution in [0.15, 0.2) is 67.1 Å². The fraction of sp³-hybridized carbons (Fsp3) is 0.296. The minimum absolute atomic E-state index is 0.327. The Labute approximate surface area is 204 Å². The Kier molecular flexibility index (Phi) is 6.13. The van der Waals surface area contributed by atoms with Gasteiger partial charge in [0.15, 0.2) is 0 Å². The highest BCUT2D eigenvalue weighted by molar-refractivity contribution is 6.00.